The third kappa shape index (κ3) is 6.85. The molecule has 0 aliphatic rings. The maximum atomic E-state index is 12.6. The molecule has 0 radical (unpaired) electrons. The van der Waals surface area contributed by atoms with E-state index in [0.717, 1.165) is 33.4 Å². The Labute approximate surface area is 328 Å². The average Bonchev–Trinajstić information content (AvgIpc) is 3.94. The number of nitrogens with zero attached hydrogens (tertiary/aromatic N) is 5. The van der Waals surface area contributed by atoms with Gasteiger partial charge in [-0.2, -0.15) is 0 Å². The zero-order chi connectivity index (χ0) is 38.2. The summed E-state index contributed by atoms with van der Waals surface area (Å²) in [6.45, 7) is -0.125. The van der Waals surface area contributed by atoms with Gasteiger partial charge in [-0.1, -0.05) is 192 Å². The fraction of sp³-hybridized carbons (Fsp3) is 0.0652. The summed E-state index contributed by atoms with van der Waals surface area (Å²) in [5, 5.41) is 29.3. The Hall–Kier alpha value is -7.17. The van der Waals surface area contributed by atoms with Crippen LogP contribution in [0.3, 0.4) is 0 Å². The van der Waals surface area contributed by atoms with Crippen LogP contribution in [-0.4, -0.2) is 36.8 Å². The second-order valence-corrected chi connectivity index (χ2v) is 13.9. The van der Waals surface area contributed by atoms with Crippen molar-refractivity contribution in [3.63, 3.8) is 0 Å². The fourth-order valence-corrected chi connectivity index (χ4v) is 7.95. The number of oxime groups is 1. The maximum absolute atomic E-state index is 12.6. The van der Waals surface area contributed by atoms with Crippen molar-refractivity contribution in [2.24, 2.45) is 5.16 Å². The van der Waals surface area contributed by atoms with Crippen LogP contribution in [0.5, 0.6) is 0 Å². The van der Waals surface area contributed by atoms with Crippen LogP contribution in [0.4, 0.5) is 5.13 Å². The Morgan fingerprint density at radius 1 is 0.643 bits per heavy atom. The number of anilines is 1. The molecule has 0 spiro atoms. The molecule has 0 fully saturated rings. The van der Waals surface area contributed by atoms with E-state index in [1.54, 1.807) is 5.38 Å². The number of rotatable bonds is 14. The number of carboxylic acids is 1. The summed E-state index contributed by atoms with van der Waals surface area (Å²) in [6, 6.07) is 60.8. The lowest BCUT2D eigenvalue weighted by atomic mass is 9.77. The van der Waals surface area contributed by atoms with E-state index in [1.807, 2.05) is 120 Å². The maximum Gasteiger partial charge on any atom is 0.360 e. The van der Waals surface area contributed by atoms with Crippen molar-refractivity contribution in [2.75, 3.05) is 5.32 Å². The van der Waals surface area contributed by atoms with Gasteiger partial charge in [0.1, 0.15) is 22.5 Å². The highest BCUT2D eigenvalue weighted by atomic mass is 32.1. The molecule has 2 aromatic heterocycles. The van der Waals surface area contributed by atoms with E-state index in [2.05, 4.69) is 93.6 Å². The van der Waals surface area contributed by atoms with Gasteiger partial charge in [0.2, 0.25) is 5.71 Å². The number of hydrogen-bond acceptors (Lipinski definition) is 8. The highest BCUT2D eigenvalue weighted by molar-refractivity contribution is 7.14. The van der Waals surface area contributed by atoms with E-state index in [9.17, 15) is 9.90 Å². The first-order valence-corrected chi connectivity index (χ1v) is 18.9. The van der Waals surface area contributed by atoms with Crippen LogP contribution in [0.1, 0.15) is 44.8 Å². The predicted molar refractivity (Wildman–Crippen MR) is 219 cm³/mol. The molecular weight excluding hydrogens is 717 g/mol. The van der Waals surface area contributed by atoms with Gasteiger partial charge in [-0.3, -0.25) is 0 Å². The van der Waals surface area contributed by atoms with Gasteiger partial charge in [0.25, 0.3) is 0 Å². The zero-order valence-electron chi connectivity index (χ0n) is 30.1. The van der Waals surface area contributed by atoms with E-state index in [1.165, 1.54) is 11.3 Å². The summed E-state index contributed by atoms with van der Waals surface area (Å²) in [7, 11) is 0. The second-order valence-electron chi connectivity index (χ2n) is 13.0. The van der Waals surface area contributed by atoms with E-state index in [-0.39, 0.29) is 18.0 Å². The van der Waals surface area contributed by atoms with Crippen LogP contribution in [0.15, 0.2) is 199 Å². The number of aliphatic carboxylic acids is 1. The molecule has 2 N–H and O–H groups in total. The SMILES string of the molecule is O=C(O)C(=NOCc1cn(C(c2ccccc2)(c2ccccc2)c2ccccc2)nn1)c1csc(NC(c2ccccc2)(c2ccccc2)c2ccccc2)n1. The summed E-state index contributed by atoms with van der Waals surface area (Å²) in [4.78, 5) is 23.0. The number of hydrogen-bond donors (Lipinski definition) is 2. The Bertz CT molecular complexity index is 2340. The molecule has 0 unspecified atom stereocenters. The molecule has 0 amide bonds. The first kappa shape index (κ1) is 35.8. The zero-order valence-corrected chi connectivity index (χ0v) is 30.9. The highest BCUT2D eigenvalue weighted by Gasteiger charge is 2.40. The van der Waals surface area contributed by atoms with E-state index in [0.29, 0.717) is 10.8 Å². The van der Waals surface area contributed by atoms with Gasteiger partial charge < -0.3 is 15.3 Å². The smallest absolute Gasteiger partial charge is 0.360 e. The number of thiazole rings is 1. The van der Waals surface area contributed by atoms with Crippen LogP contribution in [0, 0.1) is 0 Å². The molecule has 9 nitrogen and oxygen atoms in total. The lowest BCUT2D eigenvalue weighted by Crippen LogP contribution is -2.38. The first-order chi connectivity index (χ1) is 27.6. The summed E-state index contributed by atoms with van der Waals surface area (Å²) in [6.07, 6.45) is 1.81. The second kappa shape index (κ2) is 16.1. The van der Waals surface area contributed by atoms with Crippen LogP contribution < -0.4 is 5.32 Å². The van der Waals surface area contributed by atoms with Crippen molar-refractivity contribution < 1.29 is 14.7 Å². The van der Waals surface area contributed by atoms with Gasteiger partial charge in [0.05, 0.1) is 6.20 Å². The minimum absolute atomic E-state index is 0.125. The number of carbonyl (C=O) groups is 1. The largest absolute Gasteiger partial charge is 0.476 e. The number of aromatic nitrogens is 4. The number of carboxylic acid groups (broad SMARTS) is 1. The van der Waals surface area contributed by atoms with Gasteiger partial charge in [0, 0.05) is 5.38 Å². The van der Waals surface area contributed by atoms with Crippen LogP contribution in [-0.2, 0) is 27.3 Å². The molecule has 0 saturated carbocycles. The first-order valence-electron chi connectivity index (χ1n) is 18.0. The van der Waals surface area contributed by atoms with Crippen molar-refractivity contribution in [3.8, 4) is 0 Å². The van der Waals surface area contributed by atoms with Crippen molar-refractivity contribution >= 4 is 28.1 Å². The van der Waals surface area contributed by atoms with Crippen molar-refractivity contribution in [3.05, 3.63) is 238 Å². The molecule has 0 bridgehead atoms. The minimum atomic E-state index is -1.28. The molecule has 274 valence electrons. The number of nitrogens with one attached hydrogen (secondary N) is 1. The minimum Gasteiger partial charge on any atom is -0.476 e. The van der Waals surface area contributed by atoms with Crippen LogP contribution in [0.25, 0.3) is 0 Å². The lowest BCUT2D eigenvalue weighted by Gasteiger charge is -2.36. The van der Waals surface area contributed by atoms with Crippen molar-refractivity contribution in [2.45, 2.75) is 17.7 Å². The van der Waals surface area contributed by atoms with Crippen LogP contribution in [0.2, 0.25) is 0 Å². The van der Waals surface area contributed by atoms with Crippen molar-refractivity contribution in [1.29, 1.82) is 0 Å². The third-order valence-electron chi connectivity index (χ3n) is 9.69. The van der Waals surface area contributed by atoms with Gasteiger partial charge in [0.15, 0.2) is 11.7 Å². The van der Waals surface area contributed by atoms with Gasteiger partial charge in [-0.25, -0.2) is 14.5 Å². The standard InChI is InChI=1S/C46H36N6O3S/c53-43(54)42(41-33-56-44(47-41)48-45(34-19-7-1-8-20-34,35-21-9-2-10-22-35)36-23-11-3-12-24-36)50-55-32-40-31-52(51-49-40)46(37-25-13-4-14-26-37,38-27-15-5-16-28-38)39-29-17-6-18-30-39/h1-31,33H,32H2,(H,47,48)(H,53,54). The molecule has 0 aliphatic heterocycles. The fourth-order valence-electron chi connectivity index (χ4n) is 7.20. The normalized spacial score (nSPS) is 11.9. The molecule has 8 aromatic rings. The van der Waals surface area contributed by atoms with Gasteiger partial charge in [-0.05, 0) is 33.4 Å². The number of benzene rings is 6. The molecule has 6 aromatic carbocycles. The lowest BCUT2D eigenvalue weighted by molar-refractivity contribution is -0.129. The molecule has 56 heavy (non-hydrogen) atoms. The summed E-state index contributed by atoms with van der Waals surface area (Å²) >= 11 is 1.29. The summed E-state index contributed by atoms with van der Waals surface area (Å²) < 4.78 is 1.82. The van der Waals surface area contributed by atoms with Crippen LogP contribution >= 0.6 is 11.3 Å². The molecule has 2 heterocycles. The Morgan fingerprint density at radius 2 is 1.05 bits per heavy atom. The highest BCUT2D eigenvalue weighted by Crippen LogP contribution is 2.42. The molecule has 8 rings (SSSR count). The average molecular weight is 753 g/mol. The Morgan fingerprint density at radius 3 is 1.46 bits per heavy atom. The van der Waals surface area contributed by atoms with E-state index >= 15 is 0 Å². The summed E-state index contributed by atoms with van der Waals surface area (Å²) in [5.74, 6) is -1.28. The molecule has 0 atom stereocenters. The quantitative estimate of drug-likeness (QED) is 0.0648. The van der Waals surface area contributed by atoms with Crippen molar-refractivity contribution in [1.82, 2.24) is 20.0 Å². The predicted octanol–water partition coefficient (Wildman–Crippen LogP) is 8.98. The van der Waals surface area contributed by atoms with E-state index < -0.39 is 17.0 Å². The Kier molecular flexibility index (Phi) is 10.3. The molecular formula is C46H36N6O3S. The van der Waals surface area contributed by atoms with Gasteiger partial charge in [-0.15, -0.1) is 16.4 Å². The molecule has 0 saturated heterocycles. The van der Waals surface area contributed by atoms with E-state index in [4.69, 9.17) is 9.82 Å². The summed E-state index contributed by atoms with van der Waals surface area (Å²) in [5.41, 5.74) is 4.55. The topological polar surface area (TPSA) is 115 Å². The molecule has 10 heteroatoms. The third-order valence-corrected chi connectivity index (χ3v) is 10.4. The van der Waals surface area contributed by atoms with Gasteiger partial charge >= 0.3 is 5.97 Å². The monoisotopic (exact) mass is 752 g/mol. The molecule has 0 aliphatic carbocycles. The Balaban J connectivity index is 1.10.